The van der Waals surface area contributed by atoms with E-state index >= 15 is 0 Å². The summed E-state index contributed by atoms with van der Waals surface area (Å²) in [5.41, 5.74) is 6.29. The van der Waals surface area contributed by atoms with Gasteiger partial charge in [0.25, 0.3) is 0 Å². The zero-order valence-corrected chi connectivity index (χ0v) is 16.1. The van der Waals surface area contributed by atoms with E-state index in [0.717, 1.165) is 31.1 Å². The molecule has 5 nitrogen and oxygen atoms in total. The monoisotopic (exact) mass is 375 g/mol. The molecule has 0 saturated carbocycles. The number of rotatable bonds is 4. The molecule has 144 valence electrons. The van der Waals surface area contributed by atoms with Crippen molar-refractivity contribution < 1.29 is 9.47 Å². The summed E-state index contributed by atoms with van der Waals surface area (Å²) >= 11 is 0. The zero-order chi connectivity index (χ0) is 18.9. The minimum atomic E-state index is 0.326. The Hall–Kier alpha value is -2.79. The van der Waals surface area contributed by atoms with Gasteiger partial charge in [-0.3, -0.25) is 10.00 Å². The summed E-state index contributed by atoms with van der Waals surface area (Å²) in [6, 6.07) is 14.9. The van der Waals surface area contributed by atoms with Gasteiger partial charge >= 0.3 is 0 Å². The van der Waals surface area contributed by atoms with Crippen LogP contribution in [0.25, 0.3) is 11.1 Å². The van der Waals surface area contributed by atoms with Gasteiger partial charge in [0, 0.05) is 30.3 Å². The van der Waals surface area contributed by atoms with E-state index in [1.165, 1.54) is 40.8 Å². The van der Waals surface area contributed by atoms with Crippen LogP contribution < -0.4 is 9.47 Å². The van der Waals surface area contributed by atoms with Gasteiger partial charge in [-0.05, 0) is 49.6 Å². The van der Waals surface area contributed by atoms with Crippen LogP contribution in [0.1, 0.15) is 35.6 Å². The van der Waals surface area contributed by atoms with Crippen LogP contribution in [0.5, 0.6) is 11.5 Å². The van der Waals surface area contributed by atoms with E-state index in [1.807, 2.05) is 12.3 Å². The second kappa shape index (κ2) is 7.32. The molecule has 28 heavy (non-hydrogen) atoms. The quantitative estimate of drug-likeness (QED) is 0.730. The van der Waals surface area contributed by atoms with Crippen LogP contribution in [-0.2, 0) is 6.54 Å². The largest absolute Gasteiger partial charge is 0.454 e. The van der Waals surface area contributed by atoms with Gasteiger partial charge in [0.05, 0.1) is 6.20 Å². The molecule has 2 aliphatic rings. The van der Waals surface area contributed by atoms with Crippen molar-refractivity contribution in [2.45, 2.75) is 32.2 Å². The molecular weight excluding hydrogens is 350 g/mol. The molecular formula is C23H25N3O2. The number of piperidine rings is 1. The Morgan fingerprint density at radius 3 is 3.00 bits per heavy atom. The lowest BCUT2D eigenvalue weighted by Crippen LogP contribution is -2.34. The van der Waals surface area contributed by atoms with Crippen LogP contribution in [0.2, 0.25) is 0 Å². The fourth-order valence-electron chi connectivity index (χ4n) is 4.38. The molecule has 0 spiro atoms. The second-order valence-electron chi connectivity index (χ2n) is 7.83. The van der Waals surface area contributed by atoms with Crippen molar-refractivity contribution in [3.05, 3.63) is 65.5 Å². The summed E-state index contributed by atoms with van der Waals surface area (Å²) in [5.74, 6) is 2.18. The van der Waals surface area contributed by atoms with Crippen molar-refractivity contribution in [3.8, 4) is 22.6 Å². The molecule has 1 atom stereocenters. The van der Waals surface area contributed by atoms with Gasteiger partial charge in [-0.15, -0.1) is 0 Å². The van der Waals surface area contributed by atoms with Crippen molar-refractivity contribution in [3.63, 3.8) is 0 Å². The number of aromatic nitrogens is 2. The van der Waals surface area contributed by atoms with Crippen LogP contribution in [-0.4, -0.2) is 35.0 Å². The molecule has 1 N–H and O–H groups in total. The molecule has 0 aliphatic carbocycles. The molecule has 5 rings (SSSR count). The predicted molar refractivity (Wildman–Crippen MR) is 109 cm³/mol. The maximum atomic E-state index is 5.53. The van der Waals surface area contributed by atoms with Crippen LogP contribution in [0, 0.1) is 6.92 Å². The van der Waals surface area contributed by atoms with Gasteiger partial charge in [0.15, 0.2) is 11.5 Å². The van der Waals surface area contributed by atoms with E-state index in [1.54, 1.807) is 0 Å². The van der Waals surface area contributed by atoms with Crippen LogP contribution in [0.4, 0.5) is 0 Å². The average Bonchev–Trinajstić information content (AvgIpc) is 3.37. The molecule has 2 aromatic carbocycles. The van der Waals surface area contributed by atoms with Gasteiger partial charge in [-0.25, -0.2) is 0 Å². The third-order valence-corrected chi connectivity index (χ3v) is 5.75. The van der Waals surface area contributed by atoms with Crippen molar-refractivity contribution in [1.82, 2.24) is 15.1 Å². The molecule has 5 heteroatoms. The first-order valence-corrected chi connectivity index (χ1v) is 9.97. The summed E-state index contributed by atoms with van der Waals surface area (Å²) < 4.78 is 11.0. The van der Waals surface area contributed by atoms with Gasteiger partial charge in [-0.1, -0.05) is 35.9 Å². The number of benzene rings is 2. The minimum absolute atomic E-state index is 0.326. The Morgan fingerprint density at radius 2 is 2.07 bits per heavy atom. The number of hydrogen-bond acceptors (Lipinski definition) is 4. The van der Waals surface area contributed by atoms with Crippen molar-refractivity contribution in [1.29, 1.82) is 0 Å². The normalized spacial score (nSPS) is 19.1. The molecule has 0 amide bonds. The molecule has 3 aromatic rings. The van der Waals surface area contributed by atoms with Crippen molar-refractivity contribution >= 4 is 0 Å². The molecule has 0 bridgehead atoms. The van der Waals surface area contributed by atoms with Gasteiger partial charge in [0.2, 0.25) is 6.79 Å². The number of fused-ring (bicyclic) bond motifs is 1. The van der Waals surface area contributed by atoms with E-state index in [4.69, 9.17) is 9.47 Å². The molecule has 0 unspecified atom stereocenters. The number of likely N-dealkylation sites (tertiary alicyclic amines) is 1. The fraction of sp³-hybridized carbons (Fsp3) is 0.348. The standard InChI is InChI=1S/C23H25N3O2/c1-16-4-2-5-18(10-16)20-12-24-25-23(20)19-6-3-9-26(14-19)13-17-7-8-21-22(11-17)28-15-27-21/h2,4-5,7-8,10-12,19H,3,6,9,13-15H2,1H3,(H,24,25)/t19-/m0/s1. The maximum Gasteiger partial charge on any atom is 0.231 e. The van der Waals surface area contributed by atoms with Crippen LogP contribution in [0.3, 0.4) is 0 Å². The molecule has 3 heterocycles. The van der Waals surface area contributed by atoms with Gasteiger partial charge in [-0.2, -0.15) is 5.10 Å². The minimum Gasteiger partial charge on any atom is -0.454 e. The van der Waals surface area contributed by atoms with E-state index in [9.17, 15) is 0 Å². The highest BCUT2D eigenvalue weighted by Gasteiger charge is 2.25. The Balaban J connectivity index is 1.33. The molecule has 1 saturated heterocycles. The first-order valence-electron chi connectivity index (χ1n) is 9.97. The number of hydrogen-bond donors (Lipinski definition) is 1. The number of H-pyrrole nitrogens is 1. The Bertz CT molecular complexity index is 981. The van der Waals surface area contributed by atoms with Crippen molar-refractivity contribution in [2.75, 3.05) is 19.9 Å². The smallest absolute Gasteiger partial charge is 0.231 e. The topological polar surface area (TPSA) is 50.4 Å². The predicted octanol–water partition coefficient (Wildman–Crippen LogP) is 4.49. The lowest BCUT2D eigenvalue weighted by Gasteiger charge is -2.32. The van der Waals surface area contributed by atoms with Crippen molar-refractivity contribution in [2.24, 2.45) is 0 Å². The first kappa shape index (κ1) is 17.3. The molecule has 2 aliphatic heterocycles. The summed E-state index contributed by atoms with van der Waals surface area (Å²) in [4.78, 5) is 2.53. The van der Waals surface area contributed by atoms with Gasteiger partial charge < -0.3 is 9.47 Å². The Morgan fingerprint density at radius 1 is 1.14 bits per heavy atom. The van der Waals surface area contributed by atoms with E-state index in [0.29, 0.717) is 12.7 Å². The van der Waals surface area contributed by atoms with Crippen LogP contribution >= 0.6 is 0 Å². The molecule has 0 radical (unpaired) electrons. The van der Waals surface area contributed by atoms with Gasteiger partial charge in [0.1, 0.15) is 0 Å². The lowest BCUT2D eigenvalue weighted by molar-refractivity contribution is 0.173. The Kier molecular flexibility index (Phi) is 4.53. The van der Waals surface area contributed by atoms with Crippen LogP contribution in [0.15, 0.2) is 48.7 Å². The summed E-state index contributed by atoms with van der Waals surface area (Å²) in [6.07, 6.45) is 4.36. The highest BCUT2D eigenvalue weighted by molar-refractivity contribution is 5.66. The average molecular weight is 375 g/mol. The third kappa shape index (κ3) is 3.38. The molecule has 1 fully saturated rings. The number of aromatic amines is 1. The SMILES string of the molecule is Cc1cccc(-c2cn[nH]c2[C@H]2CCCN(Cc3ccc4c(c3)OCO4)C2)c1. The van der Waals surface area contributed by atoms with E-state index < -0.39 is 0 Å². The number of ether oxygens (including phenoxy) is 2. The highest BCUT2D eigenvalue weighted by Crippen LogP contribution is 2.35. The Labute approximate surface area is 165 Å². The number of nitrogens with zero attached hydrogens (tertiary/aromatic N) is 2. The molecule has 1 aromatic heterocycles. The number of nitrogens with one attached hydrogen (secondary N) is 1. The summed E-state index contributed by atoms with van der Waals surface area (Å²) in [6.45, 7) is 5.55. The maximum absolute atomic E-state index is 5.53. The summed E-state index contributed by atoms with van der Waals surface area (Å²) in [7, 11) is 0. The zero-order valence-electron chi connectivity index (χ0n) is 16.1. The fourth-order valence-corrected chi connectivity index (χ4v) is 4.38. The second-order valence-corrected chi connectivity index (χ2v) is 7.83. The van der Waals surface area contributed by atoms with E-state index in [2.05, 4.69) is 58.4 Å². The number of aryl methyl sites for hydroxylation is 1. The third-order valence-electron chi connectivity index (χ3n) is 5.75. The highest BCUT2D eigenvalue weighted by atomic mass is 16.7. The van der Waals surface area contributed by atoms with E-state index in [-0.39, 0.29) is 0 Å². The first-order chi connectivity index (χ1) is 13.8. The lowest BCUT2D eigenvalue weighted by atomic mass is 9.90. The summed E-state index contributed by atoms with van der Waals surface area (Å²) in [5, 5.41) is 7.68.